The molecule has 2 N–H and O–H groups in total. The fraction of sp³-hybridized carbons (Fsp3) is 0.222. The van der Waals surface area contributed by atoms with E-state index in [1.165, 1.54) is 6.07 Å². The maximum atomic E-state index is 14.0. The number of carboxylic acid groups (broad SMARTS) is 1. The van der Waals surface area contributed by atoms with Gasteiger partial charge in [-0.3, -0.25) is 19.0 Å². The van der Waals surface area contributed by atoms with Crippen molar-refractivity contribution >= 4 is 34.1 Å². The predicted octanol–water partition coefficient (Wildman–Crippen LogP) is 7.62. The number of aromatic hydroxyl groups is 1. The third-order valence-corrected chi connectivity index (χ3v) is 11.8. The summed E-state index contributed by atoms with van der Waals surface area (Å²) in [6, 6.07) is 51.1. The number of aliphatic carboxylic acids is 1. The molecule has 0 spiro atoms. The first-order valence-electron chi connectivity index (χ1n) is 21.9. The van der Waals surface area contributed by atoms with E-state index in [2.05, 4.69) is 4.99 Å². The standard InChI is InChI=1S/C54H48N2O10/c57-44(27-28-46(58)59)39-25-26-42-41(29-39)47(52(60)55-42)48-40-23-13-14-24-43(40)56(53(48)61)54-51(65-33-38-21-11-4-12-22-38)50(64-32-37-19-9-3-10-20-37)49(63-31-36-17-7-2-8-18-36)45(66-54)34-62-30-35-15-5-1-6-16-35/h1-26,29,45,49-51,54,61H,27-28,30-34H2,(H,58,59)/t45-,49-,50+,51-,54-/m1/s1. The molecule has 3 heterocycles. The summed E-state index contributed by atoms with van der Waals surface area (Å²) in [5.41, 5.74) is 4.78. The van der Waals surface area contributed by atoms with Crippen LogP contribution < -0.4 is 10.6 Å². The number of hydrogen-bond acceptors (Lipinski definition) is 9. The van der Waals surface area contributed by atoms with Crippen molar-refractivity contribution in [2.45, 2.75) is 69.9 Å². The van der Waals surface area contributed by atoms with Crippen molar-refractivity contribution in [3.05, 3.63) is 208 Å². The third-order valence-electron chi connectivity index (χ3n) is 11.8. The molecule has 12 heteroatoms. The number of carbonyl (C=O) groups excluding carboxylic acids is 2. The highest BCUT2D eigenvalue weighted by Crippen LogP contribution is 2.44. The summed E-state index contributed by atoms with van der Waals surface area (Å²) in [5.74, 6) is -2.39. The molecule has 0 aliphatic carbocycles. The molecule has 2 aliphatic heterocycles. The molecule has 334 valence electrons. The van der Waals surface area contributed by atoms with Crippen molar-refractivity contribution in [3.8, 4) is 5.88 Å². The van der Waals surface area contributed by atoms with Crippen LogP contribution in [0.25, 0.3) is 16.5 Å². The van der Waals surface area contributed by atoms with E-state index >= 15 is 0 Å². The molecular formula is C54H48N2O10. The fourth-order valence-electron chi connectivity index (χ4n) is 8.62. The molecular weight excluding hydrogens is 837 g/mol. The monoisotopic (exact) mass is 884 g/mol. The number of amides is 1. The Labute approximate surface area is 380 Å². The fourth-order valence-corrected chi connectivity index (χ4v) is 8.62. The molecule has 1 saturated heterocycles. The van der Waals surface area contributed by atoms with Crippen molar-refractivity contribution in [1.29, 1.82) is 0 Å². The van der Waals surface area contributed by atoms with Gasteiger partial charge in [-0.25, -0.2) is 4.99 Å². The second-order valence-electron chi connectivity index (χ2n) is 16.3. The zero-order chi connectivity index (χ0) is 45.4. The summed E-state index contributed by atoms with van der Waals surface area (Å²) in [4.78, 5) is 42.8. The molecule has 1 amide bonds. The van der Waals surface area contributed by atoms with Gasteiger partial charge < -0.3 is 33.9 Å². The van der Waals surface area contributed by atoms with E-state index in [-0.39, 0.29) is 61.8 Å². The van der Waals surface area contributed by atoms with Crippen LogP contribution in [0.2, 0.25) is 0 Å². The van der Waals surface area contributed by atoms with Crippen molar-refractivity contribution in [1.82, 2.24) is 4.57 Å². The number of nitrogens with zero attached hydrogens (tertiary/aromatic N) is 2. The van der Waals surface area contributed by atoms with E-state index in [1.54, 1.807) is 22.8 Å². The molecule has 66 heavy (non-hydrogen) atoms. The second-order valence-corrected chi connectivity index (χ2v) is 16.3. The van der Waals surface area contributed by atoms with Gasteiger partial charge in [-0.15, -0.1) is 0 Å². The summed E-state index contributed by atoms with van der Waals surface area (Å²) in [5, 5.41) is 23.2. The Bertz CT molecular complexity index is 2940. The number of ether oxygens (including phenoxy) is 5. The van der Waals surface area contributed by atoms with Crippen LogP contribution >= 0.6 is 0 Å². The average molecular weight is 885 g/mol. The van der Waals surface area contributed by atoms with E-state index in [1.807, 2.05) is 140 Å². The van der Waals surface area contributed by atoms with Crippen LogP contribution in [0.5, 0.6) is 5.88 Å². The van der Waals surface area contributed by atoms with Gasteiger partial charge in [0, 0.05) is 22.6 Å². The molecule has 9 rings (SSSR count). The number of carbonyl (C=O) groups is 3. The lowest BCUT2D eigenvalue weighted by Gasteiger charge is -2.46. The minimum atomic E-state index is -1.09. The van der Waals surface area contributed by atoms with Gasteiger partial charge in [0.05, 0.1) is 61.5 Å². The maximum Gasteiger partial charge on any atom is 0.303 e. The van der Waals surface area contributed by atoms with Gasteiger partial charge in [-0.05, 0) is 46.5 Å². The quantitative estimate of drug-likeness (QED) is 0.0776. The van der Waals surface area contributed by atoms with Crippen molar-refractivity contribution < 1.29 is 48.3 Å². The molecule has 5 atom stereocenters. The zero-order valence-electron chi connectivity index (χ0n) is 36.0. The molecule has 12 nitrogen and oxygen atoms in total. The van der Waals surface area contributed by atoms with E-state index in [9.17, 15) is 24.6 Å². The Balaban J connectivity index is 1.19. The van der Waals surface area contributed by atoms with Crippen LogP contribution in [0, 0.1) is 0 Å². The van der Waals surface area contributed by atoms with E-state index in [0.717, 1.165) is 22.3 Å². The summed E-state index contributed by atoms with van der Waals surface area (Å²) in [6.45, 7) is 0.970. The number of ketones is 1. The Morgan fingerprint density at radius 3 is 1.74 bits per heavy atom. The van der Waals surface area contributed by atoms with E-state index in [0.29, 0.717) is 28.1 Å². The SMILES string of the molecule is O=C(O)CCC(=O)c1ccc2c(c1)=C(c1c(O)n([C@@H]3O[C@H](COCc4ccccc4)[C@@H](OCc4ccccc4)[C@H](OCc4ccccc4)[C@H]3OCc3ccccc3)c3ccccc13)C(=O)N=2. The highest BCUT2D eigenvalue weighted by Gasteiger charge is 2.50. The van der Waals surface area contributed by atoms with Gasteiger partial charge in [-0.2, -0.15) is 0 Å². The highest BCUT2D eigenvalue weighted by molar-refractivity contribution is 6.25. The summed E-state index contributed by atoms with van der Waals surface area (Å²) in [7, 11) is 0. The first kappa shape index (κ1) is 44.2. The van der Waals surface area contributed by atoms with Gasteiger partial charge in [-0.1, -0.05) is 140 Å². The summed E-state index contributed by atoms with van der Waals surface area (Å²) >= 11 is 0. The number of Topliss-reactive ketones (excluding diaryl/α,β-unsaturated/α-hetero) is 1. The Morgan fingerprint density at radius 2 is 1.15 bits per heavy atom. The molecule has 0 saturated carbocycles. The van der Waals surface area contributed by atoms with Crippen molar-refractivity contribution in [2.75, 3.05) is 6.61 Å². The van der Waals surface area contributed by atoms with Gasteiger partial charge >= 0.3 is 5.97 Å². The smallest absolute Gasteiger partial charge is 0.303 e. The zero-order valence-corrected chi connectivity index (χ0v) is 36.0. The minimum absolute atomic E-state index is 0.0784. The van der Waals surface area contributed by atoms with Crippen molar-refractivity contribution in [3.63, 3.8) is 0 Å². The number of aromatic nitrogens is 1. The lowest BCUT2D eigenvalue weighted by molar-refractivity contribution is -0.290. The first-order chi connectivity index (χ1) is 32.3. The molecule has 0 bridgehead atoms. The van der Waals surface area contributed by atoms with Crippen molar-refractivity contribution in [2.24, 2.45) is 4.99 Å². The first-order valence-corrected chi connectivity index (χ1v) is 21.9. The Morgan fingerprint density at radius 1 is 0.621 bits per heavy atom. The number of hydrogen-bond donors (Lipinski definition) is 2. The van der Waals surface area contributed by atoms with Gasteiger partial charge in [0.2, 0.25) is 5.88 Å². The normalized spacial score (nSPS) is 19.1. The van der Waals surface area contributed by atoms with Gasteiger partial charge in [0.1, 0.15) is 24.4 Å². The lowest BCUT2D eigenvalue weighted by atomic mass is 9.96. The van der Waals surface area contributed by atoms with Crippen LogP contribution in [0.4, 0.5) is 0 Å². The lowest BCUT2D eigenvalue weighted by Crippen LogP contribution is -2.59. The van der Waals surface area contributed by atoms with Crippen LogP contribution in [0.15, 0.2) is 169 Å². The molecule has 1 aromatic heterocycles. The molecule has 6 aromatic carbocycles. The number of para-hydroxylation sites is 1. The van der Waals surface area contributed by atoms with Crippen LogP contribution in [-0.2, 0) is 59.7 Å². The molecule has 2 aliphatic rings. The molecule has 1 fully saturated rings. The number of benzene rings is 6. The summed E-state index contributed by atoms with van der Waals surface area (Å²) < 4.78 is 36.1. The minimum Gasteiger partial charge on any atom is -0.494 e. The predicted molar refractivity (Wildman–Crippen MR) is 245 cm³/mol. The van der Waals surface area contributed by atoms with E-state index < -0.39 is 48.3 Å². The second kappa shape index (κ2) is 20.4. The average Bonchev–Trinajstić information content (AvgIpc) is 3.83. The van der Waals surface area contributed by atoms with Gasteiger partial charge in [0.15, 0.2) is 12.0 Å². The molecule has 0 radical (unpaired) electrons. The molecule has 0 unspecified atom stereocenters. The highest BCUT2D eigenvalue weighted by atomic mass is 16.6. The van der Waals surface area contributed by atoms with Crippen LogP contribution in [0.1, 0.15) is 57.2 Å². The number of rotatable bonds is 19. The van der Waals surface area contributed by atoms with Crippen LogP contribution in [-0.4, -0.2) is 63.5 Å². The maximum absolute atomic E-state index is 14.0. The Hall–Kier alpha value is -7.06. The van der Waals surface area contributed by atoms with Gasteiger partial charge in [0.25, 0.3) is 5.91 Å². The third kappa shape index (κ3) is 9.79. The number of fused-ring (bicyclic) bond motifs is 2. The van der Waals surface area contributed by atoms with E-state index in [4.69, 9.17) is 23.7 Å². The van der Waals surface area contributed by atoms with Crippen LogP contribution in [0.3, 0.4) is 0 Å². The topological polar surface area (TPSA) is 155 Å². The number of carboxylic acids is 1. The summed E-state index contributed by atoms with van der Waals surface area (Å²) in [6.07, 6.45) is -4.94. The molecule has 7 aromatic rings. The largest absolute Gasteiger partial charge is 0.494 e. The Kier molecular flexibility index (Phi) is 13.7.